The molecule has 0 heterocycles. The van der Waals surface area contributed by atoms with E-state index in [1.54, 1.807) is 0 Å². The number of carbonyl (C=O) groups is 1. The summed E-state index contributed by atoms with van der Waals surface area (Å²) in [5, 5.41) is 0. The molecule has 2 rings (SSSR count). The molecule has 1 unspecified atom stereocenters. The molecule has 0 amide bonds. The highest BCUT2D eigenvalue weighted by Gasteiger charge is 2.37. The molecule has 0 fully saturated rings. The third-order valence-corrected chi connectivity index (χ3v) is 3.97. The highest BCUT2D eigenvalue weighted by atomic mass is 127. The molecule has 0 bridgehead atoms. The van der Waals surface area contributed by atoms with Crippen LogP contribution in [0.5, 0.6) is 0 Å². The van der Waals surface area contributed by atoms with Crippen LogP contribution < -0.4 is 0 Å². The van der Waals surface area contributed by atoms with E-state index >= 15 is 0 Å². The van der Waals surface area contributed by atoms with E-state index in [9.17, 15) is 4.79 Å². The first-order valence-electron chi connectivity index (χ1n) is 5.55. The zero-order valence-electron chi connectivity index (χ0n) is 9.37. The summed E-state index contributed by atoms with van der Waals surface area (Å²) >= 11 is 2.21. The molecule has 1 aliphatic carbocycles. The van der Waals surface area contributed by atoms with E-state index in [0.29, 0.717) is 12.2 Å². The summed E-state index contributed by atoms with van der Waals surface area (Å²) in [7, 11) is 0. The number of hydrogen-bond acceptors (Lipinski definition) is 1. The van der Waals surface area contributed by atoms with Crippen molar-refractivity contribution in [2.24, 2.45) is 0 Å². The molecule has 0 saturated carbocycles. The van der Waals surface area contributed by atoms with Gasteiger partial charge < -0.3 is 0 Å². The lowest BCUT2D eigenvalue weighted by atomic mass is 9.68. The molecule has 0 aromatic heterocycles. The van der Waals surface area contributed by atoms with E-state index < -0.39 is 0 Å². The Morgan fingerprint density at radius 1 is 1.38 bits per heavy atom. The van der Waals surface area contributed by atoms with Crippen molar-refractivity contribution in [1.82, 2.24) is 0 Å². The smallest absolute Gasteiger partial charge is 0.143 e. The Morgan fingerprint density at radius 2 is 2.12 bits per heavy atom. The van der Waals surface area contributed by atoms with E-state index in [1.807, 2.05) is 10.1 Å². The van der Waals surface area contributed by atoms with Gasteiger partial charge in [0.25, 0.3) is 0 Å². The van der Waals surface area contributed by atoms with Gasteiger partial charge in [0.2, 0.25) is 0 Å². The summed E-state index contributed by atoms with van der Waals surface area (Å²) in [5.74, 6) is 0.376. The fourth-order valence-electron chi connectivity index (χ4n) is 2.45. The fourth-order valence-corrected chi connectivity index (χ4v) is 2.71. The first-order valence-corrected chi connectivity index (χ1v) is 6.80. The van der Waals surface area contributed by atoms with E-state index in [4.69, 9.17) is 0 Å². The standard InChI is InChI=1S/C14H15IO/c1-14(9-4-10-15)12-6-3-2-5-11(12)7-8-13(14)16/h2-6,10H,7-9H2,1H3/b10-4-. The molecule has 0 radical (unpaired) electrons. The van der Waals surface area contributed by atoms with Gasteiger partial charge in [-0.05, 0) is 35.0 Å². The van der Waals surface area contributed by atoms with E-state index in [0.717, 1.165) is 12.8 Å². The minimum atomic E-state index is -0.309. The Kier molecular flexibility index (Phi) is 3.47. The Labute approximate surface area is 110 Å². The molecule has 1 aliphatic rings. The Balaban J connectivity index is 2.47. The molecule has 0 aliphatic heterocycles. The second-order valence-corrected chi connectivity index (χ2v) is 5.20. The fraction of sp³-hybridized carbons (Fsp3) is 0.357. The van der Waals surface area contributed by atoms with E-state index in [-0.39, 0.29) is 5.41 Å². The van der Waals surface area contributed by atoms with Crippen LogP contribution in [0.25, 0.3) is 0 Å². The van der Waals surface area contributed by atoms with Crippen LogP contribution in [-0.2, 0) is 16.6 Å². The van der Waals surface area contributed by atoms with Gasteiger partial charge >= 0.3 is 0 Å². The van der Waals surface area contributed by atoms with E-state index in [2.05, 4.69) is 53.8 Å². The number of hydrogen-bond donors (Lipinski definition) is 0. The van der Waals surface area contributed by atoms with Crippen molar-refractivity contribution < 1.29 is 4.79 Å². The van der Waals surface area contributed by atoms with Crippen LogP contribution in [-0.4, -0.2) is 5.78 Å². The van der Waals surface area contributed by atoms with Crippen LogP contribution >= 0.6 is 22.6 Å². The minimum Gasteiger partial charge on any atom is -0.299 e. The maximum absolute atomic E-state index is 12.1. The van der Waals surface area contributed by atoms with Gasteiger partial charge in [0.05, 0.1) is 5.41 Å². The van der Waals surface area contributed by atoms with Gasteiger partial charge in [0.1, 0.15) is 5.78 Å². The lowest BCUT2D eigenvalue weighted by molar-refractivity contribution is -0.124. The van der Waals surface area contributed by atoms with Gasteiger partial charge in [0.15, 0.2) is 0 Å². The zero-order chi connectivity index (χ0) is 11.6. The third kappa shape index (κ3) is 1.95. The van der Waals surface area contributed by atoms with Crippen molar-refractivity contribution in [1.29, 1.82) is 0 Å². The van der Waals surface area contributed by atoms with Crippen LogP contribution in [0.4, 0.5) is 0 Å². The van der Waals surface area contributed by atoms with Crippen LogP contribution in [0.2, 0.25) is 0 Å². The second kappa shape index (κ2) is 4.70. The van der Waals surface area contributed by atoms with Crippen LogP contribution in [0.1, 0.15) is 30.9 Å². The molecule has 16 heavy (non-hydrogen) atoms. The molecular formula is C14H15IO. The summed E-state index contributed by atoms with van der Waals surface area (Å²) < 4.78 is 1.99. The van der Waals surface area contributed by atoms with Crippen molar-refractivity contribution in [3.8, 4) is 0 Å². The number of benzene rings is 1. The van der Waals surface area contributed by atoms with Crippen molar-refractivity contribution in [2.45, 2.75) is 31.6 Å². The highest BCUT2D eigenvalue weighted by molar-refractivity contribution is 14.1. The van der Waals surface area contributed by atoms with Crippen molar-refractivity contribution >= 4 is 28.4 Å². The molecule has 1 atom stereocenters. The summed E-state index contributed by atoms with van der Waals surface area (Å²) in [6, 6.07) is 8.34. The number of rotatable bonds is 2. The summed E-state index contributed by atoms with van der Waals surface area (Å²) in [5.41, 5.74) is 2.25. The summed E-state index contributed by atoms with van der Waals surface area (Å²) in [4.78, 5) is 12.1. The quantitative estimate of drug-likeness (QED) is 0.756. The average molecular weight is 326 g/mol. The summed E-state index contributed by atoms with van der Waals surface area (Å²) in [6.07, 6.45) is 4.48. The number of halogens is 1. The number of fused-ring (bicyclic) bond motifs is 1. The normalized spacial score (nSPS) is 24.8. The number of allylic oxidation sites excluding steroid dienone is 1. The minimum absolute atomic E-state index is 0.309. The molecule has 2 heteroatoms. The summed E-state index contributed by atoms with van der Waals surface area (Å²) in [6.45, 7) is 2.07. The molecular weight excluding hydrogens is 311 g/mol. The topological polar surface area (TPSA) is 17.1 Å². The van der Waals surface area contributed by atoms with Gasteiger partial charge in [-0.15, -0.1) is 0 Å². The maximum atomic E-state index is 12.1. The lowest BCUT2D eigenvalue weighted by Crippen LogP contribution is -2.36. The van der Waals surface area contributed by atoms with Crippen molar-refractivity contribution in [3.63, 3.8) is 0 Å². The first-order chi connectivity index (χ1) is 7.68. The first kappa shape index (κ1) is 11.8. The van der Waals surface area contributed by atoms with Gasteiger partial charge in [-0.1, -0.05) is 52.9 Å². The van der Waals surface area contributed by atoms with Gasteiger partial charge in [0, 0.05) is 6.42 Å². The third-order valence-electron chi connectivity index (χ3n) is 3.46. The average Bonchev–Trinajstić information content (AvgIpc) is 2.32. The monoisotopic (exact) mass is 326 g/mol. The van der Waals surface area contributed by atoms with Crippen LogP contribution in [0, 0.1) is 0 Å². The SMILES string of the molecule is CC1(C/C=C\I)C(=O)CCc2ccccc21. The number of aryl methyl sites for hydroxylation is 1. The molecule has 0 N–H and O–H groups in total. The number of Topliss-reactive ketones (excluding diaryl/α,β-unsaturated/α-hetero) is 1. The Hall–Kier alpha value is -0.640. The van der Waals surface area contributed by atoms with Gasteiger partial charge in [-0.3, -0.25) is 4.79 Å². The predicted molar refractivity (Wildman–Crippen MR) is 74.9 cm³/mol. The Bertz CT molecular complexity index is 436. The molecule has 0 saturated heterocycles. The molecule has 1 nitrogen and oxygen atoms in total. The maximum Gasteiger partial charge on any atom is 0.143 e. The Morgan fingerprint density at radius 3 is 2.88 bits per heavy atom. The van der Waals surface area contributed by atoms with Crippen molar-refractivity contribution in [3.05, 3.63) is 45.6 Å². The molecule has 84 valence electrons. The predicted octanol–water partition coefficient (Wildman–Crippen LogP) is 3.80. The van der Waals surface area contributed by atoms with Crippen molar-refractivity contribution in [2.75, 3.05) is 0 Å². The number of carbonyl (C=O) groups excluding carboxylic acids is 1. The van der Waals surface area contributed by atoms with Crippen LogP contribution in [0.3, 0.4) is 0 Å². The molecule has 0 spiro atoms. The van der Waals surface area contributed by atoms with Gasteiger partial charge in [-0.2, -0.15) is 0 Å². The molecule has 1 aromatic carbocycles. The van der Waals surface area contributed by atoms with Gasteiger partial charge in [-0.25, -0.2) is 0 Å². The number of ketones is 1. The lowest BCUT2D eigenvalue weighted by Gasteiger charge is -2.33. The second-order valence-electron chi connectivity index (χ2n) is 4.48. The highest BCUT2D eigenvalue weighted by Crippen LogP contribution is 2.37. The largest absolute Gasteiger partial charge is 0.299 e. The zero-order valence-corrected chi connectivity index (χ0v) is 11.5. The van der Waals surface area contributed by atoms with Crippen LogP contribution in [0.15, 0.2) is 34.4 Å². The molecule has 1 aromatic rings. The van der Waals surface area contributed by atoms with E-state index in [1.165, 1.54) is 11.1 Å².